The molecule has 2 aromatic carbocycles. The van der Waals surface area contributed by atoms with Gasteiger partial charge in [-0.25, -0.2) is 9.18 Å². The molecular weight excluding hydrogens is 471 g/mol. The van der Waals surface area contributed by atoms with Crippen molar-refractivity contribution in [2.45, 2.75) is 32.1 Å². The van der Waals surface area contributed by atoms with Crippen LogP contribution in [0, 0.1) is 11.2 Å². The second-order valence-electron chi connectivity index (χ2n) is 9.59. The molecule has 2 fully saturated rings. The Morgan fingerprint density at radius 2 is 1.74 bits per heavy atom. The molecule has 0 radical (unpaired) electrons. The maximum absolute atomic E-state index is 13.4. The lowest BCUT2D eigenvalue weighted by Gasteiger charge is -2.44. The highest BCUT2D eigenvalue weighted by Crippen LogP contribution is 2.37. The number of ether oxygens (including phenoxy) is 1. The Bertz CT molecular complexity index is 1040. The molecule has 3 amide bonds. The second-order valence-corrected chi connectivity index (χ2v) is 10.0. The number of rotatable bonds is 8. The van der Waals surface area contributed by atoms with Gasteiger partial charge in [-0.1, -0.05) is 23.7 Å². The van der Waals surface area contributed by atoms with Crippen LogP contribution in [0.5, 0.6) is 5.75 Å². The molecule has 0 aliphatic carbocycles. The minimum Gasteiger partial charge on any atom is -0.482 e. The summed E-state index contributed by atoms with van der Waals surface area (Å²) < 4.78 is 19.1. The summed E-state index contributed by atoms with van der Waals surface area (Å²) in [5, 5.41) is 2.88. The normalized spacial score (nSPS) is 17.8. The number of urea groups is 1. The molecule has 35 heavy (non-hydrogen) atoms. The lowest BCUT2D eigenvalue weighted by molar-refractivity contribution is -0.135. The van der Waals surface area contributed by atoms with Crippen molar-refractivity contribution >= 4 is 29.2 Å². The number of primary amides is 1. The molecule has 2 saturated heterocycles. The smallest absolute Gasteiger partial charge is 0.316 e. The van der Waals surface area contributed by atoms with E-state index in [1.807, 2.05) is 17.0 Å². The molecule has 7 nitrogen and oxygen atoms in total. The van der Waals surface area contributed by atoms with E-state index in [1.54, 1.807) is 12.1 Å². The second kappa shape index (κ2) is 11.3. The molecule has 3 N–H and O–H groups in total. The van der Waals surface area contributed by atoms with Crippen LogP contribution in [0.2, 0.25) is 5.02 Å². The van der Waals surface area contributed by atoms with Crippen LogP contribution in [-0.4, -0.2) is 61.1 Å². The minimum absolute atomic E-state index is 0.0502. The van der Waals surface area contributed by atoms with Gasteiger partial charge in [-0.2, -0.15) is 0 Å². The molecule has 0 bridgehead atoms. The van der Waals surface area contributed by atoms with E-state index < -0.39 is 6.03 Å². The summed E-state index contributed by atoms with van der Waals surface area (Å²) >= 11 is 5.99. The highest BCUT2D eigenvalue weighted by Gasteiger charge is 2.38. The zero-order valence-electron chi connectivity index (χ0n) is 19.8. The minimum atomic E-state index is -0.741. The van der Waals surface area contributed by atoms with Crippen LogP contribution in [0.3, 0.4) is 0 Å². The maximum atomic E-state index is 13.4. The van der Waals surface area contributed by atoms with Gasteiger partial charge in [0.05, 0.1) is 5.69 Å². The summed E-state index contributed by atoms with van der Waals surface area (Å²) in [5.74, 6) is -0.00240. The fourth-order valence-electron chi connectivity index (χ4n) is 5.16. The van der Waals surface area contributed by atoms with Crippen LogP contribution >= 0.6 is 11.6 Å². The number of amides is 3. The predicted molar refractivity (Wildman–Crippen MR) is 134 cm³/mol. The summed E-state index contributed by atoms with van der Waals surface area (Å²) in [4.78, 5) is 28.6. The zero-order valence-corrected chi connectivity index (χ0v) is 20.5. The van der Waals surface area contributed by atoms with Crippen molar-refractivity contribution in [3.05, 3.63) is 58.9 Å². The van der Waals surface area contributed by atoms with E-state index in [-0.39, 0.29) is 23.7 Å². The van der Waals surface area contributed by atoms with E-state index in [0.717, 1.165) is 44.5 Å². The molecular formula is C26H32ClFN4O3. The summed E-state index contributed by atoms with van der Waals surface area (Å²) in [7, 11) is 0. The zero-order chi connectivity index (χ0) is 24.8. The number of nitrogens with two attached hydrogens (primary N) is 1. The Hall–Kier alpha value is -2.84. The fourth-order valence-corrected chi connectivity index (χ4v) is 5.33. The number of carbonyl (C=O) groups is 2. The number of nitrogens with zero attached hydrogens (tertiary/aromatic N) is 2. The first-order valence-corrected chi connectivity index (χ1v) is 12.4. The lowest BCUT2D eigenvalue weighted by atomic mass is 9.73. The van der Waals surface area contributed by atoms with Gasteiger partial charge in [0.2, 0.25) is 0 Å². The summed E-state index contributed by atoms with van der Waals surface area (Å²) in [6, 6.07) is 10.8. The number of piperidine rings is 1. The maximum Gasteiger partial charge on any atom is 0.316 e. The number of nitrogens with one attached hydrogen (secondary N) is 1. The van der Waals surface area contributed by atoms with Crippen LogP contribution in [0.1, 0.15) is 31.2 Å². The quantitative estimate of drug-likeness (QED) is 0.563. The third kappa shape index (κ3) is 6.86. The Balaban J connectivity index is 1.38. The van der Waals surface area contributed by atoms with E-state index in [0.29, 0.717) is 29.5 Å². The van der Waals surface area contributed by atoms with E-state index in [2.05, 4.69) is 10.2 Å². The van der Waals surface area contributed by atoms with Crippen molar-refractivity contribution in [1.82, 2.24) is 9.80 Å². The Labute approximate surface area is 210 Å². The van der Waals surface area contributed by atoms with E-state index in [9.17, 15) is 14.0 Å². The van der Waals surface area contributed by atoms with Crippen LogP contribution in [0.25, 0.3) is 0 Å². The molecule has 0 unspecified atom stereocenters. The van der Waals surface area contributed by atoms with Crippen molar-refractivity contribution in [3.63, 3.8) is 0 Å². The van der Waals surface area contributed by atoms with Gasteiger partial charge in [0.1, 0.15) is 11.6 Å². The van der Waals surface area contributed by atoms with Gasteiger partial charge in [0.15, 0.2) is 6.61 Å². The van der Waals surface area contributed by atoms with Crippen molar-refractivity contribution in [3.8, 4) is 5.75 Å². The first-order chi connectivity index (χ1) is 16.8. The van der Waals surface area contributed by atoms with Crippen LogP contribution in [0.4, 0.5) is 14.9 Å². The average Bonchev–Trinajstić information content (AvgIpc) is 3.33. The summed E-state index contributed by atoms with van der Waals surface area (Å²) in [6.45, 7) is 4.37. The van der Waals surface area contributed by atoms with Gasteiger partial charge in [0.25, 0.3) is 5.91 Å². The molecule has 0 aromatic heterocycles. The topological polar surface area (TPSA) is 87.9 Å². The Kier molecular flexibility index (Phi) is 8.13. The first-order valence-electron chi connectivity index (χ1n) is 12.1. The van der Waals surface area contributed by atoms with Crippen LogP contribution in [-0.2, 0) is 11.2 Å². The molecule has 2 aliphatic rings. The molecule has 2 aliphatic heterocycles. The predicted octanol–water partition coefficient (Wildman–Crippen LogP) is 4.30. The highest BCUT2D eigenvalue weighted by molar-refractivity contribution is 6.31. The molecule has 2 aromatic rings. The molecule has 0 spiro atoms. The molecule has 0 saturated carbocycles. The van der Waals surface area contributed by atoms with Crippen LogP contribution < -0.4 is 15.8 Å². The molecule has 4 rings (SSSR count). The fraction of sp³-hybridized carbons (Fsp3) is 0.462. The number of hydrogen-bond acceptors (Lipinski definition) is 4. The number of likely N-dealkylation sites (tertiary alicyclic amines) is 2. The van der Waals surface area contributed by atoms with Gasteiger partial charge in [-0.15, -0.1) is 0 Å². The van der Waals surface area contributed by atoms with Crippen molar-refractivity contribution in [2.75, 3.05) is 44.6 Å². The number of anilines is 1. The van der Waals surface area contributed by atoms with Gasteiger partial charge in [0, 0.05) is 24.7 Å². The van der Waals surface area contributed by atoms with Crippen LogP contribution in [0.15, 0.2) is 42.5 Å². The van der Waals surface area contributed by atoms with Crippen molar-refractivity contribution in [1.29, 1.82) is 0 Å². The molecule has 9 heteroatoms. The van der Waals surface area contributed by atoms with Gasteiger partial charge >= 0.3 is 6.03 Å². The third-order valence-corrected chi connectivity index (χ3v) is 7.21. The van der Waals surface area contributed by atoms with E-state index >= 15 is 0 Å². The average molecular weight is 503 g/mol. The SMILES string of the molecule is NC(=O)Nc1cc(Cl)ccc1OCC(=O)N1CCC(Cc2ccc(F)cc2)(CN2CCCC2)CC1. The monoisotopic (exact) mass is 502 g/mol. The van der Waals surface area contributed by atoms with Crippen molar-refractivity contribution < 1.29 is 18.7 Å². The highest BCUT2D eigenvalue weighted by atomic mass is 35.5. The molecule has 0 atom stereocenters. The Morgan fingerprint density at radius 3 is 2.40 bits per heavy atom. The molecule has 188 valence electrons. The lowest BCUT2D eigenvalue weighted by Crippen LogP contribution is -2.49. The third-order valence-electron chi connectivity index (χ3n) is 6.98. The molecule has 2 heterocycles. The first kappa shape index (κ1) is 25.3. The van der Waals surface area contributed by atoms with Crippen molar-refractivity contribution in [2.24, 2.45) is 11.1 Å². The number of benzene rings is 2. The van der Waals surface area contributed by atoms with E-state index in [4.69, 9.17) is 22.1 Å². The standard InChI is InChI=1S/C26H32ClFN4O3/c27-20-5-8-23(22(15-20)30-25(29)34)35-17-24(33)32-13-9-26(10-14-32,18-31-11-1-2-12-31)16-19-3-6-21(28)7-4-19/h3-8,15H,1-2,9-14,16-18H2,(H3,29,30,34). The van der Waals surface area contributed by atoms with E-state index in [1.165, 1.54) is 31.0 Å². The summed E-state index contributed by atoms with van der Waals surface area (Å²) in [6.07, 6.45) is 5.08. The van der Waals surface area contributed by atoms with Gasteiger partial charge < -0.3 is 25.6 Å². The summed E-state index contributed by atoms with van der Waals surface area (Å²) in [5.41, 5.74) is 6.72. The largest absolute Gasteiger partial charge is 0.482 e. The Morgan fingerprint density at radius 1 is 1.06 bits per heavy atom. The van der Waals surface area contributed by atoms with Gasteiger partial charge in [-0.05, 0) is 86.5 Å². The van der Waals surface area contributed by atoms with Gasteiger partial charge in [-0.3, -0.25) is 4.79 Å². The number of hydrogen-bond donors (Lipinski definition) is 2. The number of halogens is 2. The number of carbonyl (C=O) groups excluding carboxylic acids is 2.